The Balaban J connectivity index is 2.07. The maximum absolute atomic E-state index is 10.2. The number of hydrogen-bond acceptors (Lipinski definition) is 3. The molecule has 1 saturated heterocycles. The van der Waals surface area contributed by atoms with E-state index in [-0.39, 0.29) is 12.2 Å². The van der Waals surface area contributed by atoms with Gasteiger partial charge in [-0.2, -0.15) is 0 Å². The van der Waals surface area contributed by atoms with Gasteiger partial charge in [-0.05, 0) is 26.2 Å². The molecule has 1 aromatic rings. The Labute approximate surface area is 96.3 Å². The van der Waals surface area contributed by atoms with Gasteiger partial charge in [0.15, 0.2) is 0 Å². The van der Waals surface area contributed by atoms with Crippen LogP contribution in [-0.4, -0.2) is 26.9 Å². The minimum atomic E-state index is -0.591. The lowest BCUT2D eigenvalue weighted by Crippen LogP contribution is -2.22. The van der Waals surface area contributed by atoms with Gasteiger partial charge < -0.3 is 14.4 Å². The van der Waals surface area contributed by atoms with E-state index in [0.717, 1.165) is 31.6 Å². The number of aliphatic hydroxyl groups excluding tert-OH is 1. The van der Waals surface area contributed by atoms with Crippen molar-refractivity contribution in [3.05, 3.63) is 18.2 Å². The second kappa shape index (κ2) is 4.97. The van der Waals surface area contributed by atoms with E-state index < -0.39 is 6.10 Å². The highest BCUT2D eigenvalue weighted by Gasteiger charge is 2.31. The molecule has 4 heteroatoms. The molecular formula is C12H20N2O2. The van der Waals surface area contributed by atoms with Gasteiger partial charge in [0.2, 0.25) is 0 Å². The van der Waals surface area contributed by atoms with Gasteiger partial charge in [0.1, 0.15) is 11.9 Å². The molecule has 90 valence electrons. The van der Waals surface area contributed by atoms with Gasteiger partial charge in [0.25, 0.3) is 0 Å². The quantitative estimate of drug-likeness (QED) is 0.849. The van der Waals surface area contributed by atoms with Gasteiger partial charge in [-0.3, -0.25) is 0 Å². The smallest absolute Gasteiger partial charge is 0.140 e. The molecule has 0 saturated carbocycles. The molecule has 1 N–H and O–H groups in total. The largest absolute Gasteiger partial charge is 0.382 e. The Morgan fingerprint density at radius 1 is 1.62 bits per heavy atom. The van der Waals surface area contributed by atoms with Gasteiger partial charge >= 0.3 is 0 Å². The zero-order valence-corrected chi connectivity index (χ0v) is 9.97. The number of aromatic nitrogens is 2. The SMILES string of the molecule is CCCn1ccnc1C(O)C1CCC(C)O1. The Morgan fingerprint density at radius 3 is 3.06 bits per heavy atom. The molecule has 0 bridgehead atoms. The van der Waals surface area contributed by atoms with E-state index in [1.807, 2.05) is 17.7 Å². The van der Waals surface area contributed by atoms with Crippen molar-refractivity contribution >= 4 is 0 Å². The van der Waals surface area contributed by atoms with Crippen molar-refractivity contribution in [1.82, 2.24) is 9.55 Å². The summed E-state index contributed by atoms with van der Waals surface area (Å²) >= 11 is 0. The van der Waals surface area contributed by atoms with Gasteiger partial charge in [-0.25, -0.2) is 4.98 Å². The Hall–Kier alpha value is -0.870. The van der Waals surface area contributed by atoms with E-state index in [1.165, 1.54) is 0 Å². The molecule has 0 aliphatic carbocycles. The van der Waals surface area contributed by atoms with Crippen molar-refractivity contribution in [3.63, 3.8) is 0 Å². The Morgan fingerprint density at radius 2 is 2.44 bits per heavy atom. The zero-order valence-electron chi connectivity index (χ0n) is 9.97. The molecule has 16 heavy (non-hydrogen) atoms. The normalized spacial score (nSPS) is 27.2. The highest BCUT2D eigenvalue weighted by atomic mass is 16.5. The monoisotopic (exact) mass is 224 g/mol. The van der Waals surface area contributed by atoms with Crippen LogP contribution in [-0.2, 0) is 11.3 Å². The standard InChI is InChI=1S/C12H20N2O2/c1-3-7-14-8-6-13-12(14)11(15)10-5-4-9(2)16-10/h6,8-11,15H,3-5,7H2,1-2H3. The van der Waals surface area contributed by atoms with Crippen LogP contribution >= 0.6 is 0 Å². The fraction of sp³-hybridized carbons (Fsp3) is 0.750. The average molecular weight is 224 g/mol. The lowest BCUT2D eigenvalue weighted by Gasteiger charge is -2.19. The molecule has 0 radical (unpaired) electrons. The van der Waals surface area contributed by atoms with Crippen LogP contribution in [0, 0.1) is 0 Å². The molecule has 1 aliphatic rings. The van der Waals surface area contributed by atoms with E-state index in [0.29, 0.717) is 0 Å². The topological polar surface area (TPSA) is 47.3 Å². The van der Waals surface area contributed by atoms with Gasteiger partial charge in [0, 0.05) is 18.9 Å². The second-order valence-corrected chi connectivity index (χ2v) is 4.49. The highest BCUT2D eigenvalue weighted by molar-refractivity contribution is 5.00. The van der Waals surface area contributed by atoms with Crippen molar-refractivity contribution < 1.29 is 9.84 Å². The predicted octanol–water partition coefficient (Wildman–Crippen LogP) is 1.89. The predicted molar refractivity (Wildman–Crippen MR) is 61.0 cm³/mol. The van der Waals surface area contributed by atoms with Crippen LogP contribution in [0.1, 0.15) is 45.0 Å². The summed E-state index contributed by atoms with van der Waals surface area (Å²) < 4.78 is 7.69. The van der Waals surface area contributed by atoms with Crippen LogP contribution in [0.25, 0.3) is 0 Å². The van der Waals surface area contributed by atoms with Crippen LogP contribution in [0.5, 0.6) is 0 Å². The fourth-order valence-corrected chi connectivity index (χ4v) is 2.25. The number of aliphatic hydroxyl groups is 1. The Bertz CT molecular complexity index is 338. The molecule has 3 unspecified atom stereocenters. The number of rotatable bonds is 4. The third-order valence-electron chi connectivity index (χ3n) is 3.09. The fourth-order valence-electron chi connectivity index (χ4n) is 2.25. The molecule has 1 aliphatic heterocycles. The van der Waals surface area contributed by atoms with Crippen molar-refractivity contribution in [1.29, 1.82) is 0 Å². The van der Waals surface area contributed by atoms with E-state index in [9.17, 15) is 5.11 Å². The molecule has 0 aromatic carbocycles. The number of nitrogens with zero attached hydrogens (tertiary/aromatic N) is 2. The summed E-state index contributed by atoms with van der Waals surface area (Å²) in [6.07, 6.45) is 6.22. The van der Waals surface area contributed by atoms with E-state index in [2.05, 4.69) is 11.9 Å². The van der Waals surface area contributed by atoms with Crippen LogP contribution < -0.4 is 0 Å². The van der Waals surface area contributed by atoms with E-state index >= 15 is 0 Å². The van der Waals surface area contributed by atoms with Crippen molar-refractivity contribution in [3.8, 4) is 0 Å². The molecule has 2 heterocycles. The number of aryl methyl sites for hydroxylation is 1. The molecule has 1 fully saturated rings. The third kappa shape index (κ3) is 2.28. The average Bonchev–Trinajstić information content (AvgIpc) is 2.87. The summed E-state index contributed by atoms with van der Waals surface area (Å²) in [5.74, 6) is 0.737. The summed E-state index contributed by atoms with van der Waals surface area (Å²) in [6.45, 7) is 5.06. The molecule has 0 amide bonds. The first-order valence-corrected chi connectivity index (χ1v) is 6.07. The van der Waals surface area contributed by atoms with Crippen LogP contribution in [0.4, 0.5) is 0 Å². The zero-order chi connectivity index (χ0) is 11.5. The molecular weight excluding hydrogens is 204 g/mol. The van der Waals surface area contributed by atoms with Gasteiger partial charge in [-0.1, -0.05) is 6.92 Å². The first-order chi connectivity index (χ1) is 7.72. The third-order valence-corrected chi connectivity index (χ3v) is 3.09. The summed E-state index contributed by atoms with van der Waals surface area (Å²) in [6, 6.07) is 0. The minimum absolute atomic E-state index is 0.0898. The number of hydrogen-bond donors (Lipinski definition) is 1. The molecule has 4 nitrogen and oxygen atoms in total. The lowest BCUT2D eigenvalue weighted by molar-refractivity contribution is -0.0346. The number of ether oxygens (including phenoxy) is 1. The minimum Gasteiger partial charge on any atom is -0.382 e. The van der Waals surface area contributed by atoms with Crippen LogP contribution in [0.2, 0.25) is 0 Å². The first kappa shape index (κ1) is 11.6. The van der Waals surface area contributed by atoms with Crippen molar-refractivity contribution in [2.24, 2.45) is 0 Å². The summed E-state index contributed by atoms with van der Waals surface area (Å²) in [5.41, 5.74) is 0. The summed E-state index contributed by atoms with van der Waals surface area (Å²) in [7, 11) is 0. The molecule has 3 atom stereocenters. The maximum atomic E-state index is 10.2. The molecule has 1 aromatic heterocycles. The second-order valence-electron chi connectivity index (χ2n) is 4.49. The van der Waals surface area contributed by atoms with Gasteiger partial charge in [0.05, 0.1) is 12.2 Å². The summed E-state index contributed by atoms with van der Waals surface area (Å²) in [4.78, 5) is 4.24. The molecule has 0 spiro atoms. The lowest BCUT2D eigenvalue weighted by atomic mass is 10.1. The van der Waals surface area contributed by atoms with E-state index in [1.54, 1.807) is 6.20 Å². The van der Waals surface area contributed by atoms with Crippen LogP contribution in [0.3, 0.4) is 0 Å². The van der Waals surface area contributed by atoms with Crippen molar-refractivity contribution in [2.45, 2.75) is 58.0 Å². The van der Waals surface area contributed by atoms with E-state index in [4.69, 9.17) is 4.74 Å². The van der Waals surface area contributed by atoms with Crippen LogP contribution in [0.15, 0.2) is 12.4 Å². The summed E-state index contributed by atoms with van der Waals surface area (Å²) in [5, 5.41) is 10.2. The van der Waals surface area contributed by atoms with Crippen molar-refractivity contribution in [2.75, 3.05) is 0 Å². The number of imidazole rings is 1. The Kier molecular flexibility index (Phi) is 3.61. The highest BCUT2D eigenvalue weighted by Crippen LogP contribution is 2.29. The maximum Gasteiger partial charge on any atom is 0.140 e. The van der Waals surface area contributed by atoms with Gasteiger partial charge in [-0.15, -0.1) is 0 Å². The molecule has 2 rings (SSSR count). The first-order valence-electron chi connectivity index (χ1n) is 6.07.